The summed E-state index contributed by atoms with van der Waals surface area (Å²) in [6.45, 7) is 1.98. The van der Waals surface area contributed by atoms with Crippen molar-refractivity contribution in [1.29, 1.82) is 5.26 Å². The normalized spacial score (nSPS) is 12.3. The van der Waals surface area contributed by atoms with Gasteiger partial charge in [-0.15, -0.1) is 0 Å². The van der Waals surface area contributed by atoms with Gasteiger partial charge in [0.15, 0.2) is 0 Å². The summed E-state index contributed by atoms with van der Waals surface area (Å²) in [4.78, 5) is 0. The van der Waals surface area contributed by atoms with Crippen molar-refractivity contribution in [3.63, 3.8) is 0 Å². The SMILES string of the molecule is CCC(C#N)c1cc2ccccc2nn1. The Hall–Kier alpha value is -1.95. The molecule has 15 heavy (non-hydrogen) atoms. The van der Waals surface area contributed by atoms with Gasteiger partial charge in [-0.3, -0.25) is 0 Å². The second-order valence-electron chi connectivity index (χ2n) is 3.42. The van der Waals surface area contributed by atoms with Gasteiger partial charge in [0.1, 0.15) is 0 Å². The van der Waals surface area contributed by atoms with Gasteiger partial charge in [-0.05, 0) is 18.6 Å². The molecule has 0 spiro atoms. The summed E-state index contributed by atoms with van der Waals surface area (Å²) in [6, 6.07) is 12.0. The summed E-state index contributed by atoms with van der Waals surface area (Å²) in [5.74, 6) is -0.151. The molecule has 0 bridgehead atoms. The molecule has 0 saturated carbocycles. The summed E-state index contributed by atoms with van der Waals surface area (Å²) in [7, 11) is 0. The molecule has 0 aliphatic carbocycles. The molecule has 1 atom stereocenters. The van der Waals surface area contributed by atoms with Gasteiger partial charge in [0.25, 0.3) is 0 Å². The van der Waals surface area contributed by atoms with E-state index < -0.39 is 0 Å². The van der Waals surface area contributed by atoms with Gasteiger partial charge in [0, 0.05) is 5.39 Å². The standard InChI is InChI=1S/C12H11N3/c1-2-9(8-13)12-7-10-5-3-4-6-11(10)14-15-12/h3-7,9H,2H2,1H3. The second-order valence-corrected chi connectivity index (χ2v) is 3.42. The fourth-order valence-corrected chi connectivity index (χ4v) is 1.54. The molecule has 1 unspecified atom stereocenters. The zero-order valence-corrected chi connectivity index (χ0v) is 8.51. The maximum absolute atomic E-state index is 8.93. The molecule has 0 amide bonds. The molecule has 0 N–H and O–H groups in total. The van der Waals surface area contributed by atoms with Crippen LogP contribution in [0.3, 0.4) is 0 Å². The molecule has 2 aromatic rings. The fraction of sp³-hybridized carbons (Fsp3) is 0.250. The van der Waals surface area contributed by atoms with Gasteiger partial charge in [-0.1, -0.05) is 25.1 Å². The highest BCUT2D eigenvalue weighted by Crippen LogP contribution is 2.19. The van der Waals surface area contributed by atoms with Crippen molar-refractivity contribution in [3.05, 3.63) is 36.0 Å². The third kappa shape index (κ3) is 1.79. The van der Waals surface area contributed by atoms with Gasteiger partial charge < -0.3 is 0 Å². The Morgan fingerprint density at radius 2 is 2.13 bits per heavy atom. The second kappa shape index (κ2) is 4.05. The van der Waals surface area contributed by atoms with E-state index in [1.165, 1.54) is 0 Å². The molecule has 0 aliphatic heterocycles. The molecule has 0 saturated heterocycles. The third-order valence-electron chi connectivity index (χ3n) is 2.43. The first-order chi connectivity index (χ1) is 7.35. The summed E-state index contributed by atoms with van der Waals surface area (Å²) in [5, 5.41) is 18.1. The number of rotatable bonds is 2. The Morgan fingerprint density at radius 3 is 2.87 bits per heavy atom. The van der Waals surface area contributed by atoms with Gasteiger partial charge in [0.05, 0.1) is 23.2 Å². The van der Waals surface area contributed by atoms with Crippen molar-refractivity contribution in [1.82, 2.24) is 10.2 Å². The monoisotopic (exact) mass is 197 g/mol. The van der Waals surface area contributed by atoms with Gasteiger partial charge in [-0.2, -0.15) is 15.5 Å². The lowest BCUT2D eigenvalue weighted by Gasteiger charge is -2.04. The molecule has 0 radical (unpaired) electrons. The summed E-state index contributed by atoms with van der Waals surface area (Å²) >= 11 is 0. The first-order valence-electron chi connectivity index (χ1n) is 4.97. The zero-order valence-electron chi connectivity index (χ0n) is 8.51. The number of hydrogen-bond donors (Lipinski definition) is 0. The number of nitriles is 1. The molecule has 3 heteroatoms. The molecule has 3 nitrogen and oxygen atoms in total. The van der Waals surface area contributed by atoms with Gasteiger partial charge in [-0.25, -0.2) is 0 Å². The van der Waals surface area contributed by atoms with Crippen LogP contribution in [0.25, 0.3) is 10.9 Å². The lowest BCUT2D eigenvalue weighted by Crippen LogP contribution is -1.99. The van der Waals surface area contributed by atoms with Crippen molar-refractivity contribution in [2.24, 2.45) is 0 Å². The molecule has 1 aromatic heterocycles. The molecule has 1 heterocycles. The molecule has 0 fully saturated rings. The maximum Gasteiger partial charge on any atom is 0.0929 e. The predicted molar refractivity (Wildman–Crippen MR) is 58.2 cm³/mol. The predicted octanol–water partition coefficient (Wildman–Crippen LogP) is 2.65. The highest BCUT2D eigenvalue weighted by molar-refractivity contribution is 5.78. The Morgan fingerprint density at radius 1 is 1.33 bits per heavy atom. The average Bonchev–Trinajstić information content (AvgIpc) is 2.30. The molecular formula is C12H11N3. The minimum absolute atomic E-state index is 0.151. The molecular weight excluding hydrogens is 186 g/mol. The van der Waals surface area contributed by atoms with Crippen LogP contribution >= 0.6 is 0 Å². The summed E-state index contributed by atoms with van der Waals surface area (Å²) in [5.41, 5.74) is 1.63. The van der Waals surface area contributed by atoms with E-state index in [9.17, 15) is 0 Å². The van der Waals surface area contributed by atoms with E-state index in [1.54, 1.807) is 0 Å². The number of benzene rings is 1. The highest BCUT2D eigenvalue weighted by atomic mass is 15.1. The Labute approximate surface area is 88.4 Å². The summed E-state index contributed by atoms with van der Waals surface area (Å²) < 4.78 is 0. The van der Waals surface area contributed by atoms with Crippen LogP contribution < -0.4 is 0 Å². The summed E-state index contributed by atoms with van der Waals surface area (Å²) in [6.07, 6.45) is 0.767. The van der Waals surface area contributed by atoms with Crippen molar-refractivity contribution < 1.29 is 0 Å². The Kier molecular flexibility index (Phi) is 2.59. The molecule has 74 valence electrons. The third-order valence-corrected chi connectivity index (χ3v) is 2.43. The Balaban J connectivity index is 2.52. The molecule has 1 aromatic carbocycles. The van der Waals surface area contributed by atoms with E-state index >= 15 is 0 Å². The maximum atomic E-state index is 8.93. The molecule has 2 rings (SSSR count). The topological polar surface area (TPSA) is 49.6 Å². The first-order valence-corrected chi connectivity index (χ1v) is 4.97. The fourth-order valence-electron chi connectivity index (χ4n) is 1.54. The van der Waals surface area contributed by atoms with Crippen LogP contribution in [0.5, 0.6) is 0 Å². The lowest BCUT2D eigenvalue weighted by atomic mass is 10.0. The van der Waals surface area contributed by atoms with Crippen LogP contribution in [0, 0.1) is 11.3 Å². The van der Waals surface area contributed by atoms with E-state index in [0.717, 1.165) is 23.0 Å². The van der Waals surface area contributed by atoms with E-state index in [2.05, 4.69) is 16.3 Å². The minimum atomic E-state index is -0.151. The first kappa shape index (κ1) is 9.60. The van der Waals surface area contributed by atoms with E-state index in [-0.39, 0.29) is 5.92 Å². The van der Waals surface area contributed by atoms with Gasteiger partial charge >= 0.3 is 0 Å². The molecule has 0 aliphatic rings. The van der Waals surface area contributed by atoms with Crippen molar-refractivity contribution in [2.75, 3.05) is 0 Å². The van der Waals surface area contributed by atoms with Crippen LogP contribution in [0.15, 0.2) is 30.3 Å². The number of aromatic nitrogens is 2. The number of hydrogen-bond acceptors (Lipinski definition) is 3. The average molecular weight is 197 g/mol. The Bertz CT molecular complexity index is 514. The van der Waals surface area contributed by atoms with Gasteiger partial charge in [0.2, 0.25) is 0 Å². The van der Waals surface area contributed by atoms with Crippen LogP contribution in [0.1, 0.15) is 25.0 Å². The van der Waals surface area contributed by atoms with Crippen LogP contribution in [0.4, 0.5) is 0 Å². The number of fused-ring (bicyclic) bond motifs is 1. The van der Waals surface area contributed by atoms with Crippen molar-refractivity contribution in [3.8, 4) is 6.07 Å². The van der Waals surface area contributed by atoms with E-state index in [1.807, 2.05) is 37.3 Å². The van der Waals surface area contributed by atoms with Crippen LogP contribution in [-0.2, 0) is 0 Å². The highest BCUT2D eigenvalue weighted by Gasteiger charge is 2.10. The zero-order chi connectivity index (χ0) is 10.7. The van der Waals surface area contributed by atoms with Crippen molar-refractivity contribution >= 4 is 10.9 Å². The minimum Gasteiger partial charge on any atom is -0.198 e. The van der Waals surface area contributed by atoms with E-state index in [4.69, 9.17) is 5.26 Å². The smallest absolute Gasteiger partial charge is 0.0929 e. The lowest BCUT2D eigenvalue weighted by molar-refractivity contribution is 0.768. The van der Waals surface area contributed by atoms with E-state index in [0.29, 0.717) is 0 Å². The number of nitrogens with zero attached hydrogens (tertiary/aromatic N) is 3. The largest absolute Gasteiger partial charge is 0.198 e. The quantitative estimate of drug-likeness (QED) is 0.743. The van der Waals surface area contributed by atoms with Crippen molar-refractivity contribution in [2.45, 2.75) is 19.3 Å². The van der Waals surface area contributed by atoms with Crippen LogP contribution in [-0.4, -0.2) is 10.2 Å². The van der Waals surface area contributed by atoms with Crippen LogP contribution in [0.2, 0.25) is 0 Å².